The molecule has 0 aromatic heterocycles. The van der Waals surface area contributed by atoms with Crippen molar-refractivity contribution >= 4 is 11.9 Å². The highest BCUT2D eigenvalue weighted by Crippen LogP contribution is 2.37. The van der Waals surface area contributed by atoms with E-state index in [2.05, 4.69) is 0 Å². The van der Waals surface area contributed by atoms with Crippen molar-refractivity contribution in [2.24, 2.45) is 0 Å². The van der Waals surface area contributed by atoms with Crippen LogP contribution in [0, 0.1) is 12.7 Å². The van der Waals surface area contributed by atoms with Gasteiger partial charge in [-0.15, -0.1) is 0 Å². The van der Waals surface area contributed by atoms with E-state index in [1.165, 1.54) is 17.0 Å². The van der Waals surface area contributed by atoms with Gasteiger partial charge in [-0.25, -0.2) is 4.39 Å². The van der Waals surface area contributed by atoms with Crippen molar-refractivity contribution in [3.8, 4) is 5.75 Å². The van der Waals surface area contributed by atoms with Gasteiger partial charge in [0.15, 0.2) is 0 Å². The summed E-state index contributed by atoms with van der Waals surface area (Å²) in [6.45, 7) is 4.06. The molecule has 1 amide bonds. The minimum Gasteiger partial charge on any atom is -0.487 e. The van der Waals surface area contributed by atoms with E-state index in [1.54, 1.807) is 12.1 Å². The maximum atomic E-state index is 13.2. The van der Waals surface area contributed by atoms with Gasteiger partial charge < -0.3 is 14.7 Å². The number of carbonyl (C=O) groups is 2. The lowest BCUT2D eigenvalue weighted by Crippen LogP contribution is -2.38. The molecule has 4 rings (SSSR count). The Kier molecular flexibility index (Phi) is 7.20. The fourth-order valence-electron chi connectivity index (χ4n) is 4.71. The Bertz CT molecular complexity index is 1220. The Hall–Kier alpha value is -3.67. The minimum absolute atomic E-state index is 0.128. The van der Waals surface area contributed by atoms with Crippen LogP contribution in [0.25, 0.3) is 0 Å². The summed E-state index contributed by atoms with van der Waals surface area (Å²) in [6.07, 6.45) is 2.05. The van der Waals surface area contributed by atoms with E-state index < -0.39 is 11.6 Å². The predicted octanol–water partition coefficient (Wildman–Crippen LogP) is 4.77. The standard InChI is InChI=1S/C29H30FNO4/c1-20-5-3-4-6-23(20)13-14-31(19-28(33)34)27(32)16-22-9-12-26-24(15-22)18-29(2,35-26)17-21-7-10-25(30)11-8-21/h3-12,15H,13-14,16-19H2,1-2H3,(H,33,34)/t29-/m1/s1. The quantitative estimate of drug-likeness (QED) is 0.484. The lowest BCUT2D eigenvalue weighted by Gasteiger charge is -2.24. The molecule has 1 heterocycles. The molecule has 6 heteroatoms. The molecule has 1 atom stereocenters. The van der Waals surface area contributed by atoms with Gasteiger partial charge in [0.25, 0.3) is 0 Å². The number of benzene rings is 3. The molecule has 0 unspecified atom stereocenters. The van der Waals surface area contributed by atoms with E-state index in [4.69, 9.17) is 4.74 Å². The largest absolute Gasteiger partial charge is 0.487 e. The molecule has 35 heavy (non-hydrogen) atoms. The Balaban J connectivity index is 1.42. The number of rotatable bonds is 9. The highest BCUT2D eigenvalue weighted by Gasteiger charge is 2.35. The number of fused-ring (bicyclic) bond motifs is 1. The third kappa shape index (κ3) is 6.27. The minimum atomic E-state index is -1.03. The normalized spacial score (nSPS) is 16.4. The number of carbonyl (C=O) groups excluding carboxylic acids is 1. The maximum Gasteiger partial charge on any atom is 0.323 e. The van der Waals surface area contributed by atoms with E-state index in [0.29, 0.717) is 25.8 Å². The molecule has 0 aliphatic carbocycles. The summed E-state index contributed by atoms with van der Waals surface area (Å²) in [5, 5.41) is 9.34. The molecule has 1 aliphatic rings. The number of aryl methyl sites for hydroxylation is 1. The predicted molar refractivity (Wildman–Crippen MR) is 132 cm³/mol. The first-order chi connectivity index (χ1) is 16.7. The van der Waals surface area contributed by atoms with Gasteiger partial charge >= 0.3 is 5.97 Å². The zero-order valence-electron chi connectivity index (χ0n) is 20.1. The number of nitrogens with zero attached hydrogens (tertiary/aromatic N) is 1. The maximum absolute atomic E-state index is 13.2. The SMILES string of the molecule is Cc1ccccc1CCN(CC(=O)O)C(=O)Cc1ccc2c(c1)C[C@@](C)(Cc1ccc(F)cc1)O2. The molecule has 0 saturated heterocycles. The number of amides is 1. The molecular formula is C29H30FNO4. The molecule has 182 valence electrons. The monoisotopic (exact) mass is 475 g/mol. The Labute approximate surface area is 205 Å². The van der Waals surface area contributed by atoms with Crippen molar-refractivity contribution in [2.75, 3.05) is 13.1 Å². The zero-order valence-corrected chi connectivity index (χ0v) is 20.1. The highest BCUT2D eigenvalue weighted by molar-refractivity contribution is 5.83. The van der Waals surface area contributed by atoms with Gasteiger partial charge in [0.2, 0.25) is 5.91 Å². The fourth-order valence-corrected chi connectivity index (χ4v) is 4.71. The summed E-state index contributed by atoms with van der Waals surface area (Å²) in [5.41, 5.74) is 4.61. The van der Waals surface area contributed by atoms with Crippen LogP contribution in [0.2, 0.25) is 0 Å². The average molecular weight is 476 g/mol. The van der Waals surface area contributed by atoms with Crippen LogP contribution in [0.15, 0.2) is 66.7 Å². The molecule has 0 radical (unpaired) electrons. The van der Waals surface area contributed by atoms with E-state index >= 15 is 0 Å². The molecule has 3 aromatic carbocycles. The van der Waals surface area contributed by atoms with Crippen LogP contribution in [0.1, 0.15) is 34.7 Å². The van der Waals surface area contributed by atoms with Crippen molar-refractivity contribution < 1.29 is 23.8 Å². The van der Waals surface area contributed by atoms with Crippen molar-refractivity contribution in [1.82, 2.24) is 4.90 Å². The molecule has 0 spiro atoms. The van der Waals surface area contributed by atoms with Crippen LogP contribution < -0.4 is 4.74 Å². The molecule has 5 nitrogen and oxygen atoms in total. The molecule has 0 bridgehead atoms. The van der Waals surface area contributed by atoms with E-state index in [9.17, 15) is 19.1 Å². The van der Waals surface area contributed by atoms with Crippen molar-refractivity contribution in [1.29, 1.82) is 0 Å². The lowest BCUT2D eigenvalue weighted by molar-refractivity contribution is -0.144. The summed E-state index contributed by atoms with van der Waals surface area (Å²) in [6, 6.07) is 20.1. The third-order valence-electron chi connectivity index (χ3n) is 6.48. The van der Waals surface area contributed by atoms with Crippen LogP contribution in [0.3, 0.4) is 0 Å². The molecule has 3 aromatic rings. The average Bonchev–Trinajstić information content (AvgIpc) is 3.14. The van der Waals surface area contributed by atoms with Gasteiger partial charge in [-0.3, -0.25) is 9.59 Å². The van der Waals surface area contributed by atoms with Gasteiger partial charge in [-0.1, -0.05) is 48.5 Å². The Morgan fingerprint density at radius 3 is 2.49 bits per heavy atom. The highest BCUT2D eigenvalue weighted by atomic mass is 19.1. The van der Waals surface area contributed by atoms with Crippen molar-refractivity contribution in [2.45, 2.75) is 45.1 Å². The van der Waals surface area contributed by atoms with Crippen LogP contribution in [0.5, 0.6) is 5.75 Å². The first-order valence-corrected chi connectivity index (χ1v) is 11.8. The molecule has 0 saturated carbocycles. The van der Waals surface area contributed by atoms with E-state index in [-0.39, 0.29) is 24.7 Å². The van der Waals surface area contributed by atoms with Crippen LogP contribution in [0.4, 0.5) is 4.39 Å². The number of hydrogen-bond donors (Lipinski definition) is 1. The Morgan fingerprint density at radius 1 is 1.06 bits per heavy atom. The lowest BCUT2D eigenvalue weighted by atomic mass is 9.91. The second-order valence-corrected chi connectivity index (χ2v) is 9.54. The molecule has 0 fully saturated rings. The Morgan fingerprint density at radius 2 is 1.77 bits per heavy atom. The third-order valence-corrected chi connectivity index (χ3v) is 6.48. The number of carboxylic acid groups (broad SMARTS) is 1. The first kappa shape index (κ1) is 24.5. The summed E-state index contributed by atoms with van der Waals surface area (Å²) in [5.74, 6) is -0.719. The molecule has 1 aliphatic heterocycles. The first-order valence-electron chi connectivity index (χ1n) is 11.8. The smallest absolute Gasteiger partial charge is 0.323 e. The van der Waals surface area contributed by atoms with E-state index in [0.717, 1.165) is 33.6 Å². The number of carboxylic acids is 1. The number of hydrogen-bond acceptors (Lipinski definition) is 3. The number of halogens is 1. The number of ether oxygens (including phenoxy) is 1. The van der Waals surface area contributed by atoms with Crippen LogP contribution >= 0.6 is 0 Å². The van der Waals surface area contributed by atoms with Gasteiger partial charge in [-0.05, 0) is 66.3 Å². The second-order valence-electron chi connectivity index (χ2n) is 9.54. The fraction of sp³-hybridized carbons (Fsp3) is 0.310. The van der Waals surface area contributed by atoms with Gasteiger partial charge in [0.05, 0.1) is 6.42 Å². The zero-order chi connectivity index (χ0) is 25.0. The summed E-state index contributed by atoms with van der Waals surface area (Å²) < 4.78 is 19.5. The van der Waals surface area contributed by atoms with Crippen molar-refractivity contribution in [3.63, 3.8) is 0 Å². The van der Waals surface area contributed by atoms with Crippen LogP contribution in [-0.2, 0) is 35.3 Å². The van der Waals surface area contributed by atoms with Crippen LogP contribution in [-0.4, -0.2) is 40.6 Å². The molecular weight excluding hydrogens is 445 g/mol. The summed E-state index contributed by atoms with van der Waals surface area (Å²) >= 11 is 0. The topological polar surface area (TPSA) is 66.8 Å². The second kappa shape index (κ2) is 10.3. The van der Waals surface area contributed by atoms with E-state index in [1.807, 2.05) is 56.3 Å². The van der Waals surface area contributed by atoms with Gasteiger partial charge in [-0.2, -0.15) is 0 Å². The van der Waals surface area contributed by atoms with Gasteiger partial charge in [0.1, 0.15) is 23.7 Å². The summed E-state index contributed by atoms with van der Waals surface area (Å²) in [7, 11) is 0. The number of aliphatic carboxylic acids is 1. The summed E-state index contributed by atoms with van der Waals surface area (Å²) in [4.78, 5) is 25.9. The molecule has 1 N–H and O–H groups in total. The van der Waals surface area contributed by atoms with Crippen molar-refractivity contribution in [3.05, 3.63) is 100 Å². The van der Waals surface area contributed by atoms with Gasteiger partial charge in [0, 0.05) is 19.4 Å².